The molecule has 1 aromatic rings. The van der Waals surface area contributed by atoms with Crippen LogP contribution in [0.1, 0.15) is 11.6 Å². The molecule has 2 rings (SSSR count). The molecule has 1 fully saturated rings. The third-order valence-electron chi connectivity index (χ3n) is 2.36. The van der Waals surface area contributed by atoms with E-state index in [2.05, 4.69) is 15.8 Å². The fraction of sp³-hybridized carbons (Fsp3) is 0.333. The maximum Gasteiger partial charge on any atom is 0.309 e. The monoisotopic (exact) mass is 193 g/mol. The Morgan fingerprint density at radius 2 is 2.21 bits per heavy atom. The van der Waals surface area contributed by atoms with Gasteiger partial charge in [0.05, 0.1) is 12.0 Å². The molecule has 0 aliphatic carbocycles. The molecule has 74 valence electrons. The van der Waals surface area contributed by atoms with Gasteiger partial charge in [-0.3, -0.25) is 15.2 Å². The number of aliphatic carboxylic acids is 1. The fourth-order valence-electron chi connectivity index (χ4n) is 1.61. The largest absolute Gasteiger partial charge is 0.481 e. The second-order valence-corrected chi connectivity index (χ2v) is 3.23. The summed E-state index contributed by atoms with van der Waals surface area (Å²) in [5.41, 5.74) is 6.74. The second-order valence-electron chi connectivity index (χ2n) is 3.23. The molecule has 2 atom stereocenters. The summed E-state index contributed by atoms with van der Waals surface area (Å²) < 4.78 is 0. The first-order valence-corrected chi connectivity index (χ1v) is 4.40. The zero-order chi connectivity index (χ0) is 9.97. The van der Waals surface area contributed by atoms with Crippen LogP contribution in [0.3, 0.4) is 0 Å². The van der Waals surface area contributed by atoms with Crippen molar-refractivity contribution in [1.29, 1.82) is 0 Å². The first-order chi connectivity index (χ1) is 6.79. The summed E-state index contributed by atoms with van der Waals surface area (Å²) in [5.74, 6) is -1.21. The molecule has 1 aliphatic rings. The van der Waals surface area contributed by atoms with Crippen molar-refractivity contribution in [2.75, 3.05) is 6.54 Å². The number of pyridine rings is 1. The van der Waals surface area contributed by atoms with Crippen LogP contribution in [0.5, 0.6) is 0 Å². The Hall–Kier alpha value is -1.46. The molecule has 1 aromatic heterocycles. The lowest BCUT2D eigenvalue weighted by molar-refractivity contribution is -0.141. The van der Waals surface area contributed by atoms with Crippen LogP contribution in [0.4, 0.5) is 0 Å². The highest BCUT2D eigenvalue weighted by molar-refractivity contribution is 5.72. The summed E-state index contributed by atoms with van der Waals surface area (Å²) in [6, 6.07) is 3.47. The number of hydrogen-bond acceptors (Lipinski definition) is 4. The van der Waals surface area contributed by atoms with Crippen molar-refractivity contribution in [3.8, 4) is 0 Å². The molecule has 0 bridgehead atoms. The quantitative estimate of drug-likeness (QED) is 0.613. The molecule has 2 unspecified atom stereocenters. The van der Waals surface area contributed by atoms with E-state index < -0.39 is 11.9 Å². The zero-order valence-electron chi connectivity index (χ0n) is 7.47. The zero-order valence-corrected chi connectivity index (χ0v) is 7.47. The standard InChI is InChI=1S/C9H11N3O2/c13-9(14)7-5-11-12-8(7)6-1-3-10-4-2-6/h1-4,7-8,11-12H,5H2,(H,13,14). The summed E-state index contributed by atoms with van der Waals surface area (Å²) in [5, 5.41) is 8.95. The van der Waals surface area contributed by atoms with Crippen LogP contribution in [0.15, 0.2) is 24.5 Å². The van der Waals surface area contributed by atoms with Crippen molar-refractivity contribution in [3.05, 3.63) is 30.1 Å². The van der Waals surface area contributed by atoms with E-state index in [1.54, 1.807) is 12.4 Å². The minimum absolute atomic E-state index is 0.171. The van der Waals surface area contributed by atoms with E-state index in [1.807, 2.05) is 12.1 Å². The van der Waals surface area contributed by atoms with Gasteiger partial charge in [-0.25, -0.2) is 5.43 Å². The fourth-order valence-corrected chi connectivity index (χ4v) is 1.61. The number of carboxylic acid groups (broad SMARTS) is 1. The Morgan fingerprint density at radius 3 is 2.86 bits per heavy atom. The third kappa shape index (κ3) is 1.59. The van der Waals surface area contributed by atoms with Crippen molar-refractivity contribution in [2.45, 2.75) is 6.04 Å². The highest BCUT2D eigenvalue weighted by Gasteiger charge is 2.33. The average molecular weight is 193 g/mol. The van der Waals surface area contributed by atoms with Gasteiger partial charge in [0, 0.05) is 18.9 Å². The number of hydrazine groups is 1. The number of rotatable bonds is 2. The molecule has 1 saturated heterocycles. The van der Waals surface area contributed by atoms with E-state index in [0.717, 1.165) is 5.56 Å². The van der Waals surface area contributed by atoms with Gasteiger partial charge in [-0.1, -0.05) is 0 Å². The molecule has 14 heavy (non-hydrogen) atoms. The first-order valence-electron chi connectivity index (χ1n) is 4.40. The number of carbonyl (C=O) groups is 1. The summed E-state index contributed by atoms with van der Waals surface area (Å²) in [6.45, 7) is 0.447. The van der Waals surface area contributed by atoms with Crippen molar-refractivity contribution in [2.24, 2.45) is 5.92 Å². The Labute approximate surface area is 81.1 Å². The van der Waals surface area contributed by atoms with Crippen LogP contribution in [0.25, 0.3) is 0 Å². The SMILES string of the molecule is O=C(O)C1CNNC1c1ccncc1. The molecule has 0 saturated carbocycles. The van der Waals surface area contributed by atoms with Crippen molar-refractivity contribution < 1.29 is 9.90 Å². The normalized spacial score (nSPS) is 26.3. The minimum Gasteiger partial charge on any atom is -0.481 e. The predicted molar refractivity (Wildman–Crippen MR) is 49.2 cm³/mol. The van der Waals surface area contributed by atoms with Gasteiger partial charge in [-0.05, 0) is 17.7 Å². The number of nitrogens with one attached hydrogen (secondary N) is 2. The Morgan fingerprint density at radius 1 is 1.50 bits per heavy atom. The topological polar surface area (TPSA) is 74.2 Å². The number of aromatic nitrogens is 1. The summed E-state index contributed by atoms with van der Waals surface area (Å²) in [4.78, 5) is 14.8. The number of hydrogen-bond donors (Lipinski definition) is 3. The molecular weight excluding hydrogens is 182 g/mol. The van der Waals surface area contributed by atoms with E-state index in [9.17, 15) is 4.79 Å². The van der Waals surface area contributed by atoms with E-state index in [0.29, 0.717) is 6.54 Å². The molecule has 0 radical (unpaired) electrons. The van der Waals surface area contributed by atoms with Gasteiger partial charge in [-0.2, -0.15) is 0 Å². The van der Waals surface area contributed by atoms with Crippen LogP contribution < -0.4 is 10.9 Å². The summed E-state index contributed by atoms with van der Waals surface area (Å²) >= 11 is 0. The highest BCUT2D eigenvalue weighted by atomic mass is 16.4. The lowest BCUT2D eigenvalue weighted by atomic mass is 9.96. The van der Waals surface area contributed by atoms with Gasteiger partial charge < -0.3 is 5.11 Å². The van der Waals surface area contributed by atoms with E-state index >= 15 is 0 Å². The van der Waals surface area contributed by atoms with Crippen molar-refractivity contribution in [1.82, 2.24) is 15.8 Å². The molecule has 5 heteroatoms. The molecule has 1 aliphatic heterocycles. The van der Waals surface area contributed by atoms with Crippen LogP contribution in [0.2, 0.25) is 0 Å². The van der Waals surface area contributed by atoms with Gasteiger partial charge in [0.25, 0.3) is 0 Å². The van der Waals surface area contributed by atoms with Crippen LogP contribution in [-0.4, -0.2) is 22.6 Å². The van der Waals surface area contributed by atoms with E-state index in [1.165, 1.54) is 0 Å². The maximum atomic E-state index is 10.9. The van der Waals surface area contributed by atoms with E-state index in [4.69, 9.17) is 5.11 Å². The third-order valence-corrected chi connectivity index (χ3v) is 2.36. The maximum absolute atomic E-state index is 10.9. The van der Waals surface area contributed by atoms with Crippen LogP contribution in [-0.2, 0) is 4.79 Å². The van der Waals surface area contributed by atoms with Gasteiger partial charge >= 0.3 is 5.97 Å². The lowest BCUT2D eigenvalue weighted by Crippen LogP contribution is -2.26. The van der Waals surface area contributed by atoms with Crippen molar-refractivity contribution >= 4 is 5.97 Å². The van der Waals surface area contributed by atoms with E-state index in [-0.39, 0.29) is 6.04 Å². The highest BCUT2D eigenvalue weighted by Crippen LogP contribution is 2.23. The van der Waals surface area contributed by atoms with Crippen LogP contribution in [0, 0.1) is 5.92 Å². The molecule has 3 N–H and O–H groups in total. The number of carboxylic acids is 1. The lowest BCUT2D eigenvalue weighted by Gasteiger charge is -2.14. The predicted octanol–water partition coefficient (Wildman–Crippen LogP) is -0.0687. The van der Waals surface area contributed by atoms with Gasteiger partial charge in [0.2, 0.25) is 0 Å². The molecule has 2 heterocycles. The number of nitrogens with zero attached hydrogens (tertiary/aromatic N) is 1. The van der Waals surface area contributed by atoms with Crippen LogP contribution >= 0.6 is 0 Å². The average Bonchev–Trinajstić information content (AvgIpc) is 2.67. The Kier molecular flexibility index (Phi) is 2.43. The Bertz CT molecular complexity index is 328. The molecular formula is C9H11N3O2. The summed E-state index contributed by atoms with van der Waals surface area (Å²) in [6.07, 6.45) is 3.32. The first kappa shape index (κ1) is 9.11. The minimum atomic E-state index is -0.788. The van der Waals surface area contributed by atoms with Gasteiger partial charge in [-0.15, -0.1) is 0 Å². The van der Waals surface area contributed by atoms with Crippen molar-refractivity contribution in [3.63, 3.8) is 0 Å². The molecule has 0 amide bonds. The van der Waals surface area contributed by atoms with Gasteiger partial charge in [0.15, 0.2) is 0 Å². The second kappa shape index (κ2) is 3.73. The molecule has 0 spiro atoms. The molecule has 0 aromatic carbocycles. The van der Waals surface area contributed by atoms with Gasteiger partial charge in [0.1, 0.15) is 0 Å². The Balaban J connectivity index is 2.22. The summed E-state index contributed by atoms with van der Waals surface area (Å²) in [7, 11) is 0. The molecule has 5 nitrogen and oxygen atoms in total. The smallest absolute Gasteiger partial charge is 0.309 e.